The van der Waals surface area contributed by atoms with E-state index in [1.807, 2.05) is 0 Å². The van der Waals surface area contributed by atoms with Crippen molar-refractivity contribution in [2.45, 2.75) is 30.7 Å². The summed E-state index contributed by atoms with van der Waals surface area (Å²) in [7, 11) is 0. The quantitative estimate of drug-likeness (QED) is 0.367. The maximum atomic E-state index is 9.20. The molecule has 72 valence electrons. The van der Waals surface area contributed by atoms with Gasteiger partial charge < -0.3 is 25.2 Å². The van der Waals surface area contributed by atoms with E-state index in [1.54, 1.807) is 0 Å². The fourth-order valence-electron chi connectivity index (χ4n) is 1.06. The lowest BCUT2D eigenvalue weighted by molar-refractivity contribution is -0.276. The van der Waals surface area contributed by atoms with Gasteiger partial charge in [0.25, 0.3) is 0 Å². The number of alkyl halides is 1. The number of hydrogen-bond donors (Lipinski definition) is 4. The van der Waals surface area contributed by atoms with E-state index >= 15 is 0 Å². The van der Waals surface area contributed by atoms with Gasteiger partial charge in [-0.3, -0.25) is 0 Å². The van der Waals surface area contributed by atoms with Crippen LogP contribution < -0.4 is 0 Å². The van der Waals surface area contributed by atoms with Crippen molar-refractivity contribution in [3.63, 3.8) is 0 Å². The molecule has 0 unspecified atom stereocenters. The first-order chi connectivity index (χ1) is 5.57. The van der Waals surface area contributed by atoms with Crippen molar-refractivity contribution in [1.29, 1.82) is 0 Å². The Morgan fingerprint density at radius 3 is 2.08 bits per heavy atom. The largest absolute Gasteiger partial charge is 0.388 e. The molecule has 0 spiro atoms. The fourth-order valence-corrected chi connectivity index (χ4v) is 1.31. The summed E-state index contributed by atoms with van der Waals surface area (Å²) in [6.45, 7) is 0. The third-order valence-corrected chi connectivity index (χ3v) is 2.14. The molecule has 12 heavy (non-hydrogen) atoms. The predicted octanol–water partition coefficient (Wildman–Crippen LogP) is -1.97. The van der Waals surface area contributed by atoms with E-state index in [4.69, 9.17) is 31.7 Å². The molecule has 0 aliphatic carbocycles. The van der Waals surface area contributed by atoms with E-state index in [0.29, 0.717) is 0 Å². The summed E-state index contributed by atoms with van der Waals surface area (Å²) in [4.78, 5) is 0. The Morgan fingerprint density at radius 2 is 1.58 bits per heavy atom. The first-order valence-electron chi connectivity index (χ1n) is 3.51. The van der Waals surface area contributed by atoms with Gasteiger partial charge in [-0.1, -0.05) is 0 Å². The Labute approximate surface area is 74.2 Å². The van der Waals surface area contributed by atoms with Gasteiger partial charge in [-0.15, -0.1) is 11.6 Å². The summed E-state index contributed by atoms with van der Waals surface area (Å²) < 4.78 is 4.69. The minimum atomic E-state index is -1.49. The fraction of sp³-hybridized carbons (Fsp3) is 1.00. The predicted molar refractivity (Wildman–Crippen MR) is 39.6 cm³/mol. The van der Waals surface area contributed by atoms with Gasteiger partial charge in [0.2, 0.25) is 0 Å². The molecule has 1 fully saturated rings. The summed E-state index contributed by atoms with van der Waals surface area (Å²) in [5, 5.41) is 36.3. The topological polar surface area (TPSA) is 90.2 Å². The zero-order chi connectivity index (χ0) is 9.30. The lowest BCUT2D eigenvalue weighted by atomic mass is 10.0. The van der Waals surface area contributed by atoms with Crippen LogP contribution in [0.4, 0.5) is 0 Å². The van der Waals surface area contributed by atoms with Gasteiger partial charge in [-0.2, -0.15) is 0 Å². The van der Waals surface area contributed by atoms with Crippen LogP contribution in [0.2, 0.25) is 0 Å². The van der Waals surface area contributed by atoms with E-state index in [9.17, 15) is 5.11 Å². The second-order valence-corrected chi connectivity index (χ2v) is 3.00. The summed E-state index contributed by atoms with van der Waals surface area (Å²) in [6, 6.07) is 0. The van der Waals surface area contributed by atoms with E-state index in [1.165, 1.54) is 0 Å². The molecule has 0 aromatic rings. The first-order valence-corrected chi connectivity index (χ1v) is 4.05. The lowest BCUT2D eigenvalue weighted by Crippen LogP contribution is -2.57. The van der Waals surface area contributed by atoms with Crippen LogP contribution in [-0.2, 0) is 4.74 Å². The van der Waals surface area contributed by atoms with Crippen molar-refractivity contribution in [3.8, 4) is 0 Å². The van der Waals surface area contributed by atoms with Crippen LogP contribution in [0.5, 0.6) is 0 Å². The van der Waals surface area contributed by atoms with Crippen LogP contribution in [0.1, 0.15) is 0 Å². The van der Waals surface area contributed by atoms with Crippen LogP contribution >= 0.6 is 11.6 Å². The number of hydrogen-bond acceptors (Lipinski definition) is 5. The van der Waals surface area contributed by atoms with Gasteiger partial charge in [-0.05, 0) is 0 Å². The average molecular weight is 199 g/mol. The van der Waals surface area contributed by atoms with Crippen LogP contribution in [-0.4, -0.2) is 57.0 Å². The minimum Gasteiger partial charge on any atom is -0.388 e. The van der Waals surface area contributed by atoms with Crippen LogP contribution in [0.3, 0.4) is 0 Å². The Morgan fingerprint density at radius 1 is 1.00 bits per heavy atom. The molecule has 0 aromatic carbocycles. The van der Waals surface area contributed by atoms with Crippen molar-refractivity contribution in [1.82, 2.24) is 0 Å². The zero-order valence-corrected chi connectivity index (χ0v) is 6.92. The molecule has 0 aromatic heterocycles. The number of ether oxygens (including phenoxy) is 1. The summed E-state index contributed by atoms with van der Waals surface area (Å²) in [6.07, 6.45) is -6.51. The summed E-state index contributed by atoms with van der Waals surface area (Å²) in [5.74, 6) is -0.0536. The molecule has 5 nitrogen and oxygen atoms in total. The average Bonchev–Trinajstić information content (AvgIpc) is 2.08. The van der Waals surface area contributed by atoms with Crippen LogP contribution in [0.15, 0.2) is 0 Å². The Bertz CT molecular complexity index is 150. The highest BCUT2D eigenvalue weighted by atomic mass is 35.5. The molecule has 1 rings (SSSR count). The van der Waals surface area contributed by atoms with Crippen LogP contribution in [0, 0.1) is 0 Å². The van der Waals surface area contributed by atoms with Crippen molar-refractivity contribution < 1.29 is 25.2 Å². The van der Waals surface area contributed by atoms with Crippen molar-refractivity contribution in [2.24, 2.45) is 0 Å². The van der Waals surface area contributed by atoms with E-state index in [0.717, 1.165) is 0 Å². The summed E-state index contributed by atoms with van der Waals surface area (Å²) in [5.41, 5.74) is 0. The van der Waals surface area contributed by atoms with Crippen molar-refractivity contribution >= 4 is 11.6 Å². The van der Waals surface area contributed by atoms with E-state index in [-0.39, 0.29) is 5.88 Å². The Balaban J connectivity index is 2.63. The van der Waals surface area contributed by atoms with Gasteiger partial charge >= 0.3 is 0 Å². The molecule has 1 saturated heterocycles. The van der Waals surface area contributed by atoms with Gasteiger partial charge in [0, 0.05) is 0 Å². The molecule has 5 atom stereocenters. The van der Waals surface area contributed by atoms with Crippen molar-refractivity contribution in [3.05, 3.63) is 0 Å². The van der Waals surface area contributed by atoms with Crippen LogP contribution in [0.25, 0.3) is 0 Å². The second kappa shape index (κ2) is 3.87. The second-order valence-electron chi connectivity index (χ2n) is 2.69. The normalized spacial score (nSPS) is 49.2. The Hall–Kier alpha value is 0.0900. The lowest BCUT2D eigenvalue weighted by Gasteiger charge is -2.37. The highest BCUT2D eigenvalue weighted by molar-refractivity contribution is 6.18. The highest BCUT2D eigenvalue weighted by Gasteiger charge is 2.42. The monoisotopic (exact) mass is 198 g/mol. The molecule has 1 aliphatic rings. The number of halogens is 1. The summed E-state index contributed by atoms with van der Waals surface area (Å²) >= 11 is 5.36. The van der Waals surface area contributed by atoms with Gasteiger partial charge in [0.05, 0.1) is 5.88 Å². The molecule has 4 N–H and O–H groups in total. The van der Waals surface area contributed by atoms with Crippen molar-refractivity contribution in [2.75, 3.05) is 5.88 Å². The number of aliphatic hydroxyl groups excluding tert-OH is 4. The number of aliphatic hydroxyl groups is 4. The molecule has 1 heterocycles. The van der Waals surface area contributed by atoms with E-state index < -0.39 is 30.7 Å². The minimum absolute atomic E-state index is 0.0536. The molecule has 1 aliphatic heterocycles. The SMILES string of the molecule is O[C@@H]1[C@@H](O)[C@@H](O)O[C@H](CCl)[C@H]1O. The molecule has 0 bridgehead atoms. The third-order valence-electron chi connectivity index (χ3n) is 1.84. The maximum absolute atomic E-state index is 9.20. The Kier molecular flexibility index (Phi) is 3.28. The van der Waals surface area contributed by atoms with Gasteiger partial charge in [0.1, 0.15) is 24.4 Å². The molecular weight excluding hydrogens is 188 g/mol. The molecule has 0 radical (unpaired) electrons. The highest BCUT2D eigenvalue weighted by Crippen LogP contribution is 2.20. The van der Waals surface area contributed by atoms with Gasteiger partial charge in [0.15, 0.2) is 6.29 Å². The standard InChI is InChI=1S/C6H11ClO5/c7-1-2-3(8)4(9)5(10)6(11)12-2/h2-6,8-11H,1H2/t2-,3-,4+,5-,6+/m1/s1. The molecule has 0 amide bonds. The number of rotatable bonds is 1. The maximum Gasteiger partial charge on any atom is 0.184 e. The zero-order valence-electron chi connectivity index (χ0n) is 6.17. The van der Waals surface area contributed by atoms with Gasteiger partial charge in [-0.25, -0.2) is 0 Å². The molecule has 0 saturated carbocycles. The molecule has 6 heteroatoms. The first kappa shape index (κ1) is 10.2. The smallest absolute Gasteiger partial charge is 0.184 e. The third kappa shape index (κ3) is 1.71. The molecular formula is C6H11ClO5. The van der Waals surface area contributed by atoms with E-state index in [2.05, 4.69) is 0 Å².